The van der Waals surface area contributed by atoms with E-state index in [0.717, 1.165) is 23.4 Å². The summed E-state index contributed by atoms with van der Waals surface area (Å²) in [5.74, 6) is 0. The van der Waals surface area contributed by atoms with Gasteiger partial charge in [0, 0.05) is 9.90 Å². The zero-order valence-electron chi connectivity index (χ0n) is 9.62. The van der Waals surface area contributed by atoms with E-state index in [2.05, 4.69) is 18.4 Å². The lowest BCUT2D eigenvalue weighted by Gasteiger charge is -2.11. The second kappa shape index (κ2) is 5.90. The third-order valence-electron chi connectivity index (χ3n) is 2.80. The van der Waals surface area contributed by atoms with Gasteiger partial charge in [0.05, 0.1) is 5.38 Å². The quantitative estimate of drug-likeness (QED) is 0.652. The van der Waals surface area contributed by atoms with Gasteiger partial charge in [-0.25, -0.2) is 0 Å². The molecule has 0 saturated carbocycles. The molecule has 0 aliphatic heterocycles. The van der Waals surface area contributed by atoms with Crippen molar-refractivity contribution in [3.63, 3.8) is 0 Å². The van der Waals surface area contributed by atoms with E-state index in [1.165, 1.54) is 10.4 Å². The molecule has 1 atom stereocenters. The van der Waals surface area contributed by atoms with E-state index in [1.54, 1.807) is 11.3 Å². The summed E-state index contributed by atoms with van der Waals surface area (Å²) >= 11 is 14.4. The smallest absolute Gasteiger partial charge is 0.0722 e. The summed E-state index contributed by atoms with van der Waals surface area (Å²) in [5, 5.41) is 2.92. The third-order valence-corrected chi connectivity index (χ3v) is 4.75. The largest absolute Gasteiger partial charge is 0.147 e. The SMILES string of the molecule is CCc1ccsc1C(Cl)Cc1ccccc1Cl. The normalized spacial score (nSPS) is 12.6. The maximum absolute atomic E-state index is 6.49. The van der Waals surface area contributed by atoms with Crippen LogP contribution in [0.1, 0.15) is 28.3 Å². The van der Waals surface area contributed by atoms with Crippen LogP contribution in [0.15, 0.2) is 35.7 Å². The Hall–Kier alpha value is -0.500. The third kappa shape index (κ3) is 3.04. The highest BCUT2D eigenvalue weighted by atomic mass is 35.5. The van der Waals surface area contributed by atoms with Crippen LogP contribution in [0, 0.1) is 0 Å². The predicted molar refractivity (Wildman–Crippen MR) is 77.4 cm³/mol. The molecule has 1 heterocycles. The molecule has 0 saturated heterocycles. The Morgan fingerprint density at radius 2 is 1.94 bits per heavy atom. The highest BCUT2D eigenvalue weighted by molar-refractivity contribution is 7.10. The highest BCUT2D eigenvalue weighted by Crippen LogP contribution is 2.33. The first-order valence-electron chi connectivity index (χ1n) is 5.66. The fourth-order valence-corrected chi connectivity index (χ4v) is 3.51. The summed E-state index contributed by atoms with van der Waals surface area (Å²) in [4.78, 5) is 1.27. The Morgan fingerprint density at radius 3 is 2.65 bits per heavy atom. The van der Waals surface area contributed by atoms with Gasteiger partial charge in [-0.15, -0.1) is 22.9 Å². The predicted octanol–water partition coefficient (Wildman–Crippen LogP) is 5.49. The summed E-state index contributed by atoms with van der Waals surface area (Å²) in [6.07, 6.45) is 1.82. The van der Waals surface area contributed by atoms with Crippen molar-refractivity contribution in [1.29, 1.82) is 0 Å². The van der Waals surface area contributed by atoms with Crippen LogP contribution in [0.2, 0.25) is 5.02 Å². The van der Waals surface area contributed by atoms with Gasteiger partial charge in [-0.1, -0.05) is 36.7 Å². The lowest BCUT2D eigenvalue weighted by atomic mass is 10.1. The van der Waals surface area contributed by atoms with Crippen LogP contribution >= 0.6 is 34.5 Å². The van der Waals surface area contributed by atoms with Gasteiger partial charge in [0.1, 0.15) is 0 Å². The molecule has 0 aliphatic rings. The molecule has 2 rings (SSSR count). The average molecular weight is 285 g/mol. The molecule has 1 unspecified atom stereocenters. The second-order valence-electron chi connectivity index (χ2n) is 3.93. The van der Waals surface area contributed by atoms with Gasteiger partial charge in [-0.2, -0.15) is 0 Å². The van der Waals surface area contributed by atoms with Gasteiger partial charge >= 0.3 is 0 Å². The number of benzene rings is 1. The van der Waals surface area contributed by atoms with Crippen molar-refractivity contribution in [3.8, 4) is 0 Å². The monoisotopic (exact) mass is 284 g/mol. The summed E-state index contributed by atoms with van der Waals surface area (Å²) in [7, 11) is 0. The Balaban J connectivity index is 2.17. The molecule has 0 N–H and O–H groups in total. The number of thiophene rings is 1. The van der Waals surface area contributed by atoms with Crippen LogP contribution in [0.3, 0.4) is 0 Å². The van der Waals surface area contributed by atoms with Crippen molar-refractivity contribution in [2.24, 2.45) is 0 Å². The van der Waals surface area contributed by atoms with Crippen LogP contribution in [0.5, 0.6) is 0 Å². The van der Waals surface area contributed by atoms with Gasteiger partial charge in [0.2, 0.25) is 0 Å². The van der Waals surface area contributed by atoms with E-state index < -0.39 is 0 Å². The van der Waals surface area contributed by atoms with Crippen LogP contribution < -0.4 is 0 Å². The maximum atomic E-state index is 6.49. The maximum Gasteiger partial charge on any atom is 0.0722 e. The molecule has 0 nitrogen and oxygen atoms in total. The van der Waals surface area contributed by atoms with Crippen molar-refractivity contribution in [3.05, 3.63) is 56.7 Å². The number of alkyl halides is 1. The number of aryl methyl sites for hydroxylation is 1. The molecule has 0 aliphatic carbocycles. The Labute approximate surface area is 116 Å². The zero-order chi connectivity index (χ0) is 12.3. The first-order valence-corrected chi connectivity index (χ1v) is 7.35. The highest BCUT2D eigenvalue weighted by Gasteiger charge is 2.15. The fourth-order valence-electron chi connectivity index (χ4n) is 1.86. The molecule has 1 aromatic carbocycles. The minimum atomic E-state index is 0.0184. The van der Waals surface area contributed by atoms with Crippen molar-refractivity contribution < 1.29 is 0 Å². The van der Waals surface area contributed by atoms with E-state index in [9.17, 15) is 0 Å². The molecule has 0 amide bonds. The lowest BCUT2D eigenvalue weighted by Crippen LogP contribution is -1.97. The van der Waals surface area contributed by atoms with E-state index in [0.29, 0.717) is 0 Å². The topological polar surface area (TPSA) is 0 Å². The molecule has 90 valence electrons. The van der Waals surface area contributed by atoms with Crippen LogP contribution in [-0.4, -0.2) is 0 Å². The minimum absolute atomic E-state index is 0.0184. The van der Waals surface area contributed by atoms with Gasteiger partial charge < -0.3 is 0 Å². The molecule has 17 heavy (non-hydrogen) atoms. The standard InChI is InChI=1S/C14H14Cl2S/c1-2-10-7-8-17-14(10)13(16)9-11-5-3-4-6-12(11)15/h3-8,13H,2,9H2,1H3. The number of hydrogen-bond acceptors (Lipinski definition) is 1. The lowest BCUT2D eigenvalue weighted by molar-refractivity contribution is 0.919. The summed E-state index contributed by atoms with van der Waals surface area (Å²) < 4.78 is 0. The Kier molecular flexibility index (Phi) is 4.49. The van der Waals surface area contributed by atoms with Gasteiger partial charge in [0.25, 0.3) is 0 Å². The van der Waals surface area contributed by atoms with Crippen LogP contribution in [0.25, 0.3) is 0 Å². The molecule has 1 aromatic heterocycles. The zero-order valence-corrected chi connectivity index (χ0v) is 11.9. The van der Waals surface area contributed by atoms with E-state index >= 15 is 0 Å². The molecule has 2 aromatic rings. The van der Waals surface area contributed by atoms with Gasteiger partial charge in [-0.3, -0.25) is 0 Å². The van der Waals surface area contributed by atoms with E-state index in [4.69, 9.17) is 23.2 Å². The van der Waals surface area contributed by atoms with Gasteiger partial charge in [-0.05, 0) is 41.5 Å². The van der Waals surface area contributed by atoms with Crippen molar-refractivity contribution in [2.75, 3.05) is 0 Å². The molecule has 0 bridgehead atoms. The van der Waals surface area contributed by atoms with Crippen LogP contribution in [0.4, 0.5) is 0 Å². The number of rotatable bonds is 4. The molecule has 0 fully saturated rings. The van der Waals surface area contributed by atoms with Crippen LogP contribution in [-0.2, 0) is 12.8 Å². The number of halogens is 2. The molecule has 0 spiro atoms. The minimum Gasteiger partial charge on any atom is -0.147 e. The molecular formula is C14H14Cl2S. The Morgan fingerprint density at radius 1 is 1.18 bits per heavy atom. The molecule has 3 heteroatoms. The summed E-state index contributed by atoms with van der Waals surface area (Å²) in [5.41, 5.74) is 2.46. The average Bonchev–Trinajstić information content (AvgIpc) is 2.80. The summed E-state index contributed by atoms with van der Waals surface area (Å²) in [6.45, 7) is 2.16. The van der Waals surface area contributed by atoms with Gasteiger partial charge in [0.15, 0.2) is 0 Å². The Bertz CT molecular complexity index is 490. The fraction of sp³-hybridized carbons (Fsp3) is 0.286. The van der Waals surface area contributed by atoms with E-state index in [-0.39, 0.29) is 5.38 Å². The number of hydrogen-bond donors (Lipinski definition) is 0. The van der Waals surface area contributed by atoms with E-state index in [1.807, 2.05) is 24.3 Å². The first kappa shape index (κ1) is 12.9. The molecule has 0 radical (unpaired) electrons. The van der Waals surface area contributed by atoms with Crippen molar-refractivity contribution in [1.82, 2.24) is 0 Å². The van der Waals surface area contributed by atoms with Crippen molar-refractivity contribution in [2.45, 2.75) is 25.1 Å². The molecular weight excluding hydrogens is 271 g/mol. The van der Waals surface area contributed by atoms with Crippen molar-refractivity contribution >= 4 is 34.5 Å². The first-order chi connectivity index (χ1) is 8.22. The summed E-state index contributed by atoms with van der Waals surface area (Å²) in [6, 6.07) is 10.0. The second-order valence-corrected chi connectivity index (χ2v) is 5.81.